The number of hydrogen-bond acceptors (Lipinski definition) is 3. The largest absolute Gasteiger partial charge is 0.489 e. The summed E-state index contributed by atoms with van der Waals surface area (Å²) in [5, 5.41) is 13.7. The summed E-state index contributed by atoms with van der Waals surface area (Å²) in [6.45, 7) is 0.295. The molecule has 0 saturated carbocycles. The van der Waals surface area contributed by atoms with Gasteiger partial charge in [0.15, 0.2) is 0 Å². The van der Waals surface area contributed by atoms with Crippen molar-refractivity contribution in [2.75, 3.05) is 18.5 Å². The Kier molecular flexibility index (Phi) is 5.73. The molecule has 3 N–H and O–H groups in total. The lowest BCUT2D eigenvalue weighted by Crippen LogP contribution is -2.30. The van der Waals surface area contributed by atoms with Crippen LogP contribution in [0, 0.1) is 5.82 Å². The quantitative estimate of drug-likeness (QED) is 0.768. The van der Waals surface area contributed by atoms with Crippen molar-refractivity contribution in [1.29, 1.82) is 0 Å². The topological polar surface area (TPSA) is 70.6 Å². The highest BCUT2D eigenvalue weighted by Crippen LogP contribution is 2.18. The number of aliphatic hydroxyl groups is 1. The zero-order valence-corrected chi connectivity index (χ0v) is 11.9. The van der Waals surface area contributed by atoms with Gasteiger partial charge in [0.2, 0.25) is 0 Å². The van der Waals surface area contributed by atoms with Crippen molar-refractivity contribution in [2.24, 2.45) is 0 Å². The number of ether oxygens (including phenoxy) is 1. The molecular formula is C16H17FN2O3. The van der Waals surface area contributed by atoms with Crippen LogP contribution < -0.4 is 15.4 Å². The lowest BCUT2D eigenvalue weighted by atomic mass is 10.2. The van der Waals surface area contributed by atoms with Gasteiger partial charge in [0.25, 0.3) is 0 Å². The van der Waals surface area contributed by atoms with Crippen molar-refractivity contribution in [3.63, 3.8) is 0 Å². The summed E-state index contributed by atoms with van der Waals surface area (Å²) in [7, 11) is 0. The molecule has 5 nitrogen and oxygen atoms in total. The second-order valence-corrected chi connectivity index (χ2v) is 4.55. The lowest BCUT2D eigenvalue weighted by molar-refractivity contribution is 0.245. The molecule has 22 heavy (non-hydrogen) atoms. The number of rotatable bonds is 6. The molecule has 2 amide bonds. The number of anilines is 1. The molecule has 0 saturated heterocycles. The predicted molar refractivity (Wildman–Crippen MR) is 81.3 cm³/mol. The van der Waals surface area contributed by atoms with E-state index in [1.807, 2.05) is 0 Å². The number of nitrogens with one attached hydrogen (secondary N) is 2. The summed E-state index contributed by atoms with van der Waals surface area (Å²) in [6, 6.07) is 12.6. The van der Waals surface area contributed by atoms with E-state index < -0.39 is 6.03 Å². The molecule has 0 spiro atoms. The van der Waals surface area contributed by atoms with E-state index in [0.29, 0.717) is 11.4 Å². The molecule has 0 radical (unpaired) electrons. The lowest BCUT2D eigenvalue weighted by Gasteiger charge is -2.10. The molecule has 0 aliphatic carbocycles. The van der Waals surface area contributed by atoms with Gasteiger partial charge >= 0.3 is 6.03 Å². The molecule has 2 aromatic rings. The molecule has 2 aromatic carbocycles. The molecule has 2 rings (SSSR count). The minimum absolute atomic E-state index is 0.121. The molecule has 0 heterocycles. The zero-order chi connectivity index (χ0) is 15.8. The van der Waals surface area contributed by atoms with Crippen LogP contribution in [0.5, 0.6) is 5.75 Å². The number of carbonyl (C=O) groups excluding carboxylic acids is 1. The third-order valence-electron chi connectivity index (χ3n) is 2.78. The fourth-order valence-corrected chi connectivity index (χ4v) is 1.80. The summed E-state index contributed by atoms with van der Waals surface area (Å²) in [5.41, 5.74) is 1.28. The van der Waals surface area contributed by atoms with Gasteiger partial charge in [-0.25, -0.2) is 9.18 Å². The molecular weight excluding hydrogens is 287 g/mol. The van der Waals surface area contributed by atoms with Gasteiger partial charge in [0, 0.05) is 18.3 Å². The number of amides is 2. The van der Waals surface area contributed by atoms with Crippen molar-refractivity contribution in [2.45, 2.75) is 6.61 Å². The number of urea groups is 1. The molecule has 0 aliphatic rings. The highest BCUT2D eigenvalue weighted by molar-refractivity contribution is 5.89. The maximum atomic E-state index is 13.1. The highest BCUT2D eigenvalue weighted by Gasteiger charge is 2.03. The van der Waals surface area contributed by atoms with E-state index in [4.69, 9.17) is 9.84 Å². The fraction of sp³-hybridized carbons (Fsp3) is 0.188. The van der Waals surface area contributed by atoms with Crippen LogP contribution in [0.3, 0.4) is 0 Å². The zero-order valence-electron chi connectivity index (χ0n) is 11.9. The van der Waals surface area contributed by atoms with Gasteiger partial charge in [0.05, 0.1) is 6.61 Å². The molecule has 6 heteroatoms. The Morgan fingerprint density at radius 2 is 2.00 bits per heavy atom. The average Bonchev–Trinajstić information content (AvgIpc) is 2.51. The Bertz CT molecular complexity index is 634. The van der Waals surface area contributed by atoms with Crippen LogP contribution in [0.2, 0.25) is 0 Å². The fourth-order valence-electron chi connectivity index (χ4n) is 1.80. The first-order valence-corrected chi connectivity index (χ1v) is 6.80. The number of hydrogen-bond donors (Lipinski definition) is 3. The van der Waals surface area contributed by atoms with Crippen LogP contribution in [0.15, 0.2) is 48.5 Å². The van der Waals surface area contributed by atoms with Crippen molar-refractivity contribution >= 4 is 11.7 Å². The average molecular weight is 304 g/mol. The third kappa shape index (κ3) is 5.06. The smallest absolute Gasteiger partial charge is 0.319 e. The molecule has 0 fully saturated rings. The summed E-state index contributed by atoms with van der Waals surface area (Å²) >= 11 is 0. The van der Waals surface area contributed by atoms with Crippen LogP contribution in [0.1, 0.15) is 5.56 Å². The second kappa shape index (κ2) is 7.99. The summed E-state index contributed by atoms with van der Waals surface area (Å²) in [5.74, 6) is 0.251. The van der Waals surface area contributed by atoms with Crippen molar-refractivity contribution < 1.29 is 19.0 Å². The van der Waals surface area contributed by atoms with Gasteiger partial charge < -0.3 is 20.5 Å². The van der Waals surface area contributed by atoms with E-state index in [0.717, 1.165) is 5.56 Å². The van der Waals surface area contributed by atoms with Crippen LogP contribution in [-0.4, -0.2) is 24.3 Å². The number of benzene rings is 2. The van der Waals surface area contributed by atoms with E-state index in [2.05, 4.69) is 10.6 Å². The van der Waals surface area contributed by atoms with Crippen molar-refractivity contribution in [3.8, 4) is 5.75 Å². The normalized spacial score (nSPS) is 10.1. The van der Waals surface area contributed by atoms with Crippen molar-refractivity contribution in [3.05, 3.63) is 59.9 Å². The molecule has 116 valence electrons. The number of carbonyl (C=O) groups is 1. The van der Waals surface area contributed by atoms with Crippen LogP contribution in [-0.2, 0) is 6.61 Å². The molecule has 0 unspecified atom stereocenters. The van der Waals surface area contributed by atoms with Gasteiger partial charge in [-0.3, -0.25) is 0 Å². The van der Waals surface area contributed by atoms with Crippen LogP contribution in [0.4, 0.5) is 14.9 Å². The van der Waals surface area contributed by atoms with E-state index in [1.165, 1.54) is 12.1 Å². The van der Waals surface area contributed by atoms with Gasteiger partial charge in [-0.1, -0.05) is 18.2 Å². The first-order valence-electron chi connectivity index (χ1n) is 6.80. The van der Waals surface area contributed by atoms with E-state index >= 15 is 0 Å². The van der Waals surface area contributed by atoms with Gasteiger partial charge in [-0.15, -0.1) is 0 Å². The Morgan fingerprint density at radius 1 is 1.18 bits per heavy atom. The third-order valence-corrected chi connectivity index (χ3v) is 2.78. The molecule has 0 atom stereocenters. The second-order valence-electron chi connectivity index (χ2n) is 4.55. The van der Waals surface area contributed by atoms with E-state index in [1.54, 1.807) is 36.4 Å². The Morgan fingerprint density at radius 3 is 2.77 bits per heavy atom. The summed E-state index contributed by atoms with van der Waals surface area (Å²) < 4.78 is 18.6. The van der Waals surface area contributed by atoms with Gasteiger partial charge in [-0.2, -0.15) is 0 Å². The summed E-state index contributed by atoms with van der Waals surface area (Å²) in [6.07, 6.45) is 0. The maximum Gasteiger partial charge on any atom is 0.319 e. The number of aliphatic hydroxyl groups excluding tert-OH is 1. The van der Waals surface area contributed by atoms with Gasteiger partial charge in [-0.05, 0) is 29.8 Å². The Hall–Kier alpha value is -2.60. The molecule has 0 aliphatic heterocycles. The first-order chi connectivity index (χ1) is 10.7. The minimum Gasteiger partial charge on any atom is -0.489 e. The minimum atomic E-state index is -0.406. The standard InChI is InChI=1S/C16H17FN2O3/c17-13-4-1-3-12(9-13)11-22-15-6-2-5-14(10-15)19-16(21)18-7-8-20/h1-6,9-10,20H,7-8,11H2,(H2,18,19,21). The van der Waals surface area contributed by atoms with Crippen LogP contribution in [0.25, 0.3) is 0 Å². The van der Waals surface area contributed by atoms with Crippen molar-refractivity contribution in [1.82, 2.24) is 5.32 Å². The predicted octanol–water partition coefficient (Wildman–Crippen LogP) is 2.52. The van der Waals surface area contributed by atoms with E-state index in [-0.39, 0.29) is 25.6 Å². The first kappa shape index (κ1) is 15.8. The molecule has 0 bridgehead atoms. The Labute approximate surface area is 127 Å². The summed E-state index contributed by atoms with van der Waals surface area (Å²) in [4.78, 5) is 11.5. The maximum absolute atomic E-state index is 13.1. The Balaban J connectivity index is 1.92. The van der Waals surface area contributed by atoms with Gasteiger partial charge in [0.1, 0.15) is 18.2 Å². The van der Waals surface area contributed by atoms with Crippen LogP contribution >= 0.6 is 0 Å². The monoisotopic (exact) mass is 304 g/mol. The van der Waals surface area contributed by atoms with E-state index in [9.17, 15) is 9.18 Å². The molecule has 0 aromatic heterocycles. The highest BCUT2D eigenvalue weighted by atomic mass is 19.1. The number of halogens is 1. The SMILES string of the molecule is O=C(NCCO)Nc1cccc(OCc2cccc(F)c2)c1.